The van der Waals surface area contributed by atoms with E-state index in [0.29, 0.717) is 25.0 Å². The molecule has 3 aliphatic rings. The van der Waals surface area contributed by atoms with Gasteiger partial charge in [0.25, 0.3) is 0 Å². The van der Waals surface area contributed by atoms with E-state index in [1.807, 2.05) is 4.90 Å². The molecule has 0 aliphatic carbocycles. The fourth-order valence-corrected chi connectivity index (χ4v) is 4.49. The smallest absolute Gasteiger partial charge is 0.312 e. The molecule has 8 nitrogen and oxygen atoms in total. The van der Waals surface area contributed by atoms with Gasteiger partial charge in [-0.2, -0.15) is 0 Å². The molecule has 0 spiro atoms. The molecule has 0 aromatic heterocycles. The van der Waals surface area contributed by atoms with Crippen molar-refractivity contribution >= 4 is 17.8 Å². The number of hydrogen-bond donors (Lipinski definition) is 2. The lowest BCUT2D eigenvalue weighted by atomic mass is 9.93. The molecular weight excluding hydrogens is 334 g/mol. The van der Waals surface area contributed by atoms with Gasteiger partial charge in [0.2, 0.25) is 11.8 Å². The van der Waals surface area contributed by atoms with Crippen molar-refractivity contribution in [1.29, 1.82) is 0 Å². The highest BCUT2D eigenvalue weighted by molar-refractivity contribution is 5.83. The fraction of sp³-hybridized carbons (Fsp3) is 0.833. The van der Waals surface area contributed by atoms with Crippen molar-refractivity contribution in [2.24, 2.45) is 11.7 Å². The van der Waals surface area contributed by atoms with Crippen LogP contribution in [-0.4, -0.2) is 84.4 Å². The summed E-state index contributed by atoms with van der Waals surface area (Å²) in [4.78, 5) is 41.8. The van der Waals surface area contributed by atoms with Gasteiger partial charge in [0.05, 0.1) is 12.5 Å². The van der Waals surface area contributed by atoms with Gasteiger partial charge in [-0.1, -0.05) is 0 Å². The number of primary amides is 1. The zero-order valence-electron chi connectivity index (χ0n) is 15.5. The Morgan fingerprint density at radius 2 is 1.58 bits per heavy atom. The average Bonchev–Trinajstić information content (AvgIpc) is 3.20. The molecule has 146 valence electrons. The molecule has 0 aromatic carbocycles. The third-order valence-electron chi connectivity index (χ3n) is 5.97. The zero-order chi connectivity index (χ0) is 18.5. The Balaban J connectivity index is 1.45. The molecule has 0 aromatic rings. The quantitative estimate of drug-likeness (QED) is 0.731. The summed E-state index contributed by atoms with van der Waals surface area (Å²) in [7, 11) is 0. The van der Waals surface area contributed by atoms with Crippen LogP contribution in [0.2, 0.25) is 0 Å². The minimum atomic E-state index is -0.671. The van der Waals surface area contributed by atoms with E-state index in [-0.39, 0.29) is 18.4 Å². The number of nitrogens with zero attached hydrogens (tertiary/aromatic N) is 3. The molecule has 4 amide bonds. The zero-order valence-corrected chi connectivity index (χ0v) is 15.5. The highest BCUT2D eigenvalue weighted by atomic mass is 16.2. The summed E-state index contributed by atoms with van der Waals surface area (Å²) in [6.07, 6.45) is 6.20. The lowest BCUT2D eigenvalue weighted by molar-refractivity contribution is -0.136. The Hall–Kier alpha value is -1.83. The third-order valence-corrected chi connectivity index (χ3v) is 5.97. The van der Waals surface area contributed by atoms with Crippen LogP contribution in [0.25, 0.3) is 0 Å². The van der Waals surface area contributed by atoms with Crippen molar-refractivity contribution in [2.75, 3.05) is 45.8 Å². The monoisotopic (exact) mass is 365 g/mol. The van der Waals surface area contributed by atoms with E-state index >= 15 is 0 Å². The summed E-state index contributed by atoms with van der Waals surface area (Å²) in [5, 5.41) is 2.36. The molecule has 3 rings (SSSR count). The van der Waals surface area contributed by atoms with Crippen molar-refractivity contribution in [3.63, 3.8) is 0 Å². The van der Waals surface area contributed by atoms with Crippen molar-refractivity contribution in [3.05, 3.63) is 0 Å². The standard InChI is InChI=1S/C18H31N5O3/c19-18(26)20-12-16(24)21-10-5-15(6-11-21)23-9-3-4-14(13-23)17(25)22-7-1-2-8-22/h14-15H,1-13H2,(H3,19,20,26)/t14-/m1/s1. The number of amides is 4. The first-order valence-electron chi connectivity index (χ1n) is 9.88. The number of rotatable bonds is 4. The second kappa shape index (κ2) is 8.70. The largest absolute Gasteiger partial charge is 0.352 e. The second-order valence-electron chi connectivity index (χ2n) is 7.70. The lowest BCUT2D eigenvalue weighted by Gasteiger charge is -2.42. The van der Waals surface area contributed by atoms with Crippen molar-refractivity contribution < 1.29 is 14.4 Å². The maximum absolute atomic E-state index is 12.7. The summed E-state index contributed by atoms with van der Waals surface area (Å²) >= 11 is 0. The maximum atomic E-state index is 12.7. The van der Waals surface area contributed by atoms with E-state index in [9.17, 15) is 14.4 Å². The average molecular weight is 365 g/mol. The second-order valence-corrected chi connectivity index (χ2v) is 7.70. The minimum absolute atomic E-state index is 0.0316. The molecule has 3 aliphatic heterocycles. The van der Waals surface area contributed by atoms with Gasteiger partial charge in [0, 0.05) is 38.8 Å². The van der Waals surface area contributed by atoms with E-state index in [0.717, 1.165) is 64.7 Å². The molecule has 3 fully saturated rings. The van der Waals surface area contributed by atoms with Crippen LogP contribution in [0, 0.1) is 5.92 Å². The van der Waals surface area contributed by atoms with Gasteiger partial charge < -0.3 is 20.9 Å². The van der Waals surface area contributed by atoms with Gasteiger partial charge in [-0.05, 0) is 45.1 Å². The number of nitrogens with one attached hydrogen (secondary N) is 1. The summed E-state index contributed by atoms with van der Waals surface area (Å²) < 4.78 is 0. The summed E-state index contributed by atoms with van der Waals surface area (Å²) in [5.41, 5.74) is 5.01. The highest BCUT2D eigenvalue weighted by Gasteiger charge is 2.34. The summed E-state index contributed by atoms with van der Waals surface area (Å²) in [6.45, 7) is 5.12. The number of carbonyl (C=O) groups excluding carboxylic acids is 3. The molecule has 0 saturated carbocycles. The first-order valence-corrected chi connectivity index (χ1v) is 9.88. The Bertz CT molecular complexity index is 527. The third kappa shape index (κ3) is 4.66. The molecular formula is C18H31N5O3. The van der Waals surface area contributed by atoms with Crippen LogP contribution in [0.4, 0.5) is 4.79 Å². The topological polar surface area (TPSA) is 99.0 Å². The van der Waals surface area contributed by atoms with Crippen LogP contribution in [0.15, 0.2) is 0 Å². The fourth-order valence-electron chi connectivity index (χ4n) is 4.49. The van der Waals surface area contributed by atoms with E-state index in [4.69, 9.17) is 5.73 Å². The molecule has 8 heteroatoms. The molecule has 3 heterocycles. The Morgan fingerprint density at radius 1 is 0.885 bits per heavy atom. The van der Waals surface area contributed by atoms with Gasteiger partial charge in [-0.3, -0.25) is 14.5 Å². The molecule has 26 heavy (non-hydrogen) atoms. The van der Waals surface area contributed by atoms with E-state index < -0.39 is 6.03 Å². The SMILES string of the molecule is NC(=O)NCC(=O)N1CCC(N2CCC[C@@H](C(=O)N3CCCC3)C2)CC1. The predicted octanol–water partition coefficient (Wildman–Crippen LogP) is -0.0199. The van der Waals surface area contributed by atoms with Crippen LogP contribution in [0.5, 0.6) is 0 Å². The molecule has 3 N–H and O–H groups in total. The normalized spacial score (nSPS) is 25.3. The maximum Gasteiger partial charge on any atom is 0.312 e. The number of carbonyl (C=O) groups is 3. The van der Waals surface area contributed by atoms with Gasteiger partial charge in [0.15, 0.2) is 0 Å². The van der Waals surface area contributed by atoms with Crippen LogP contribution in [0.1, 0.15) is 38.5 Å². The van der Waals surface area contributed by atoms with Crippen molar-refractivity contribution in [2.45, 2.75) is 44.6 Å². The predicted molar refractivity (Wildman–Crippen MR) is 97.3 cm³/mol. The molecule has 0 radical (unpaired) electrons. The van der Waals surface area contributed by atoms with E-state index in [1.165, 1.54) is 0 Å². The minimum Gasteiger partial charge on any atom is -0.352 e. The first-order chi connectivity index (χ1) is 12.5. The van der Waals surface area contributed by atoms with Gasteiger partial charge in [0.1, 0.15) is 0 Å². The molecule has 3 saturated heterocycles. The number of hydrogen-bond acceptors (Lipinski definition) is 4. The van der Waals surface area contributed by atoms with Gasteiger partial charge in [-0.25, -0.2) is 4.79 Å². The van der Waals surface area contributed by atoms with Crippen LogP contribution in [-0.2, 0) is 9.59 Å². The summed E-state index contributed by atoms with van der Waals surface area (Å²) in [6, 6.07) is -0.229. The summed E-state index contributed by atoms with van der Waals surface area (Å²) in [5.74, 6) is 0.404. The van der Waals surface area contributed by atoms with E-state index in [2.05, 4.69) is 10.2 Å². The Morgan fingerprint density at radius 3 is 2.23 bits per heavy atom. The van der Waals surface area contributed by atoms with Crippen LogP contribution in [0.3, 0.4) is 0 Å². The Labute approximate surface area is 155 Å². The van der Waals surface area contributed by atoms with Crippen LogP contribution < -0.4 is 11.1 Å². The first kappa shape index (κ1) is 18.9. The molecule has 0 bridgehead atoms. The molecule has 0 unspecified atom stereocenters. The van der Waals surface area contributed by atoms with Crippen molar-refractivity contribution in [3.8, 4) is 0 Å². The number of piperidine rings is 2. The van der Waals surface area contributed by atoms with Gasteiger partial charge >= 0.3 is 6.03 Å². The lowest BCUT2D eigenvalue weighted by Crippen LogP contribution is -2.52. The van der Waals surface area contributed by atoms with Crippen LogP contribution >= 0.6 is 0 Å². The van der Waals surface area contributed by atoms with Crippen molar-refractivity contribution in [1.82, 2.24) is 20.0 Å². The number of urea groups is 1. The highest BCUT2D eigenvalue weighted by Crippen LogP contribution is 2.26. The number of likely N-dealkylation sites (tertiary alicyclic amines) is 3. The number of nitrogens with two attached hydrogens (primary N) is 1. The van der Waals surface area contributed by atoms with Gasteiger partial charge in [-0.15, -0.1) is 0 Å². The Kier molecular flexibility index (Phi) is 6.34. The molecule has 1 atom stereocenters. The van der Waals surface area contributed by atoms with E-state index in [1.54, 1.807) is 4.90 Å².